The van der Waals surface area contributed by atoms with Crippen molar-refractivity contribution in [3.8, 4) is 0 Å². The molecule has 0 amide bonds. The normalized spacial score (nSPS) is 17.1. The number of nitrogens with zero attached hydrogens (tertiary/aromatic N) is 1. The van der Waals surface area contributed by atoms with Crippen LogP contribution in [0.5, 0.6) is 0 Å². The fraction of sp³-hybridized carbons (Fsp3) is 0.125. The Labute approximate surface area is 147 Å². The largest absolute Gasteiger partial charge is 0.260 e. The quantitative estimate of drug-likeness (QED) is 0.762. The van der Waals surface area contributed by atoms with E-state index in [9.17, 15) is 0 Å². The number of aliphatic imine (C=N–C) groups is 1. The summed E-state index contributed by atoms with van der Waals surface area (Å²) < 4.78 is 0. The first-order chi connectivity index (χ1) is 12.4. The second kappa shape index (κ2) is 5.86. The van der Waals surface area contributed by atoms with Crippen molar-refractivity contribution in [3.05, 3.63) is 104 Å². The maximum absolute atomic E-state index is 4.67. The molecule has 2 aromatic carbocycles. The van der Waals surface area contributed by atoms with Crippen LogP contribution >= 0.6 is 0 Å². The Hall–Kier alpha value is -2.93. The second-order valence-electron chi connectivity index (χ2n) is 6.66. The van der Waals surface area contributed by atoms with Crippen molar-refractivity contribution in [3.63, 3.8) is 0 Å². The zero-order chi connectivity index (χ0) is 16.6. The lowest BCUT2D eigenvalue weighted by molar-refractivity contribution is 1.10. The number of fused-ring (bicyclic) bond motifs is 4. The Balaban J connectivity index is 1.86. The summed E-state index contributed by atoms with van der Waals surface area (Å²) in [6.07, 6.45) is 18.2. The Morgan fingerprint density at radius 3 is 2.68 bits per heavy atom. The fourth-order valence-corrected chi connectivity index (χ4v) is 4.06. The summed E-state index contributed by atoms with van der Waals surface area (Å²) in [7, 11) is 0. The van der Waals surface area contributed by atoms with Crippen molar-refractivity contribution in [1.82, 2.24) is 0 Å². The van der Waals surface area contributed by atoms with Gasteiger partial charge in [0.2, 0.25) is 0 Å². The first-order valence-corrected chi connectivity index (χ1v) is 8.93. The Morgan fingerprint density at radius 1 is 0.800 bits per heavy atom. The van der Waals surface area contributed by atoms with Crippen LogP contribution in [0.4, 0.5) is 0 Å². The second-order valence-corrected chi connectivity index (χ2v) is 6.66. The van der Waals surface area contributed by atoms with Crippen molar-refractivity contribution in [2.45, 2.75) is 19.3 Å². The molecule has 0 atom stereocenters. The van der Waals surface area contributed by atoms with E-state index in [1.807, 2.05) is 6.21 Å². The maximum atomic E-state index is 4.67. The number of hydrogen-bond donors (Lipinski definition) is 0. The molecule has 5 rings (SSSR count). The highest BCUT2D eigenvalue weighted by atomic mass is 14.7. The zero-order valence-corrected chi connectivity index (χ0v) is 14.1. The van der Waals surface area contributed by atoms with Crippen LogP contribution in [0.3, 0.4) is 0 Å². The van der Waals surface area contributed by atoms with Crippen LogP contribution < -0.4 is 10.4 Å². The molecule has 2 aliphatic carbocycles. The molecule has 0 aromatic heterocycles. The Kier molecular flexibility index (Phi) is 3.38. The maximum Gasteiger partial charge on any atom is 0.0704 e. The van der Waals surface area contributed by atoms with Gasteiger partial charge in [-0.05, 0) is 50.9 Å². The van der Waals surface area contributed by atoms with E-state index < -0.39 is 0 Å². The van der Waals surface area contributed by atoms with E-state index >= 15 is 0 Å². The van der Waals surface area contributed by atoms with Crippen LogP contribution in [0, 0.1) is 10.4 Å². The van der Waals surface area contributed by atoms with E-state index in [0.717, 1.165) is 25.0 Å². The van der Waals surface area contributed by atoms with Gasteiger partial charge in [0.1, 0.15) is 0 Å². The molecule has 3 aliphatic rings. The molecule has 1 heteroatoms. The summed E-state index contributed by atoms with van der Waals surface area (Å²) in [5.74, 6) is 0. The molecule has 1 heterocycles. The average molecular weight is 321 g/mol. The Bertz CT molecular complexity index is 1200. The molecule has 0 unspecified atom stereocenters. The lowest BCUT2D eigenvalue weighted by Crippen LogP contribution is -2.21. The third kappa shape index (κ3) is 2.35. The number of allylic oxidation sites excluding steroid dienone is 5. The molecule has 25 heavy (non-hydrogen) atoms. The zero-order valence-electron chi connectivity index (χ0n) is 14.1. The molecule has 0 N–H and O–H groups in total. The molecule has 0 spiro atoms. The lowest BCUT2D eigenvalue weighted by atomic mass is 9.88. The van der Waals surface area contributed by atoms with Crippen LogP contribution in [0.15, 0.2) is 77.5 Å². The SMILES string of the molecule is C1=CCC=NC(C2=c3ccc4c(c3CC=C2)CC=c2ccccc2=4)=C1. The first kappa shape index (κ1) is 14.4. The van der Waals surface area contributed by atoms with Gasteiger partial charge in [0.25, 0.3) is 0 Å². The summed E-state index contributed by atoms with van der Waals surface area (Å²) in [6.45, 7) is 0. The van der Waals surface area contributed by atoms with Gasteiger partial charge in [0.15, 0.2) is 0 Å². The molecule has 1 aliphatic heterocycles. The highest BCUT2D eigenvalue weighted by Crippen LogP contribution is 2.22. The highest BCUT2D eigenvalue weighted by Gasteiger charge is 2.14. The summed E-state index contributed by atoms with van der Waals surface area (Å²) in [4.78, 5) is 4.67. The summed E-state index contributed by atoms with van der Waals surface area (Å²) >= 11 is 0. The van der Waals surface area contributed by atoms with Crippen molar-refractivity contribution in [1.29, 1.82) is 0 Å². The van der Waals surface area contributed by atoms with Gasteiger partial charge in [-0.2, -0.15) is 0 Å². The molecule has 0 radical (unpaired) electrons. The van der Waals surface area contributed by atoms with Crippen molar-refractivity contribution in [2.75, 3.05) is 0 Å². The van der Waals surface area contributed by atoms with Gasteiger partial charge in [-0.1, -0.05) is 66.8 Å². The fourth-order valence-electron chi connectivity index (χ4n) is 4.06. The highest BCUT2D eigenvalue weighted by molar-refractivity contribution is 5.79. The van der Waals surface area contributed by atoms with Crippen LogP contribution in [0.25, 0.3) is 11.6 Å². The lowest BCUT2D eigenvalue weighted by Gasteiger charge is -2.17. The number of hydrogen-bond acceptors (Lipinski definition) is 1. The molecule has 0 fully saturated rings. The van der Waals surface area contributed by atoms with Crippen LogP contribution in [0.2, 0.25) is 0 Å². The third-order valence-corrected chi connectivity index (χ3v) is 5.24. The van der Waals surface area contributed by atoms with Crippen molar-refractivity contribution >= 4 is 17.9 Å². The monoisotopic (exact) mass is 321 g/mol. The van der Waals surface area contributed by atoms with Crippen LogP contribution in [-0.2, 0) is 12.8 Å². The van der Waals surface area contributed by atoms with Gasteiger partial charge in [-0.3, -0.25) is 4.99 Å². The van der Waals surface area contributed by atoms with Crippen molar-refractivity contribution in [2.24, 2.45) is 4.99 Å². The number of benzene rings is 2. The molecular weight excluding hydrogens is 302 g/mol. The van der Waals surface area contributed by atoms with Crippen LogP contribution in [0.1, 0.15) is 17.5 Å². The van der Waals surface area contributed by atoms with Gasteiger partial charge >= 0.3 is 0 Å². The van der Waals surface area contributed by atoms with Gasteiger partial charge < -0.3 is 0 Å². The molecule has 120 valence electrons. The number of rotatable bonds is 1. The van der Waals surface area contributed by atoms with Gasteiger partial charge in [-0.25, -0.2) is 0 Å². The molecule has 2 aromatic rings. The van der Waals surface area contributed by atoms with Gasteiger partial charge in [0, 0.05) is 18.2 Å². The Morgan fingerprint density at radius 2 is 1.68 bits per heavy atom. The van der Waals surface area contributed by atoms with E-state index in [1.54, 1.807) is 0 Å². The van der Waals surface area contributed by atoms with E-state index in [1.165, 1.54) is 37.6 Å². The van der Waals surface area contributed by atoms with Crippen molar-refractivity contribution < 1.29 is 0 Å². The summed E-state index contributed by atoms with van der Waals surface area (Å²) in [5.41, 5.74) is 5.24. The predicted octanol–water partition coefficient (Wildman–Crippen LogP) is 3.49. The van der Waals surface area contributed by atoms with Gasteiger partial charge in [0.05, 0.1) is 5.70 Å². The molecular formula is C24H19N. The van der Waals surface area contributed by atoms with E-state index in [0.29, 0.717) is 0 Å². The standard InChI is InChI=1S/C24H19N/c1-2-11-24(25-16-5-1)23-10-6-9-19-21-13-12-17-7-3-4-8-18(17)20(21)14-15-22(19)23/h1-4,6-8,10-12,14-16H,5,9,13H2. The average Bonchev–Trinajstić information content (AvgIpc) is 2.96. The predicted molar refractivity (Wildman–Crippen MR) is 105 cm³/mol. The molecule has 0 bridgehead atoms. The van der Waals surface area contributed by atoms with E-state index in [-0.39, 0.29) is 0 Å². The molecule has 1 nitrogen and oxygen atoms in total. The first-order valence-electron chi connectivity index (χ1n) is 8.93. The molecule has 0 saturated carbocycles. The van der Waals surface area contributed by atoms with E-state index in [4.69, 9.17) is 0 Å². The topological polar surface area (TPSA) is 12.4 Å². The minimum atomic E-state index is 0.903. The smallest absolute Gasteiger partial charge is 0.0704 e. The minimum absolute atomic E-state index is 0.903. The summed E-state index contributed by atoms with van der Waals surface area (Å²) in [6, 6.07) is 13.3. The van der Waals surface area contributed by atoms with Crippen LogP contribution in [-0.4, -0.2) is 6.21 Å². The summed E-state index contributed by atoms with van der Waals surface area (Å²) in [5, 5.41) is 5.45. The minimum Gasteiger partial charge on any atom is -0.260 e. The third-order valence-electron chi connectivity index (χ3n) is 5.24. The molecule has 0 saturated heterocycles. The van der Waals surface area contributed by atoms with E-state index in [2.05, 4.69) is 77.8 Å². The van der Waals surface area contributed by atoms with Gasteiger partial charge in [-0.15, -0.1) is 0 Å².